The van der Waals surface area contributed by atoms with Crippen LogP contribution in [0, 0.1) is 10.1 Å². The Hall–Kier alpha value is -2.11. The molecule has 0 radical (unpaired) electrons. The molecule has 0 aliphatic heterocycles. The first-order valence-electron chi connectivity index (χ1n) is 7.42. The summed E-state index contributed by atoms with van der Waals surface area (Å²) < 4.78 is 0. The van der Waals surface area contributed by atoms with Gasteiger partial charge in [-0.25, -0.2) is 0 Å². The van der Waals surface area contributed by atoms with Gasteiger partial charge in [0.05, 0.1) is 10.5 Å². The minimum atomic E-state index is -0.522. The molecule has 1 aromatic rings. The lowest BCUT2D eigenvalue weighted by Gasteiger charge is -2.21. The number of amides is 1. The van der Waals surface area contributed by atoms with Gasteiger partial charge in [-0.3, -0.25) is 14.9 Å². The van der Waals surface area contributed by atoms with Crippen molar-refractivity contribution >= 4 is 17.3 Å². The Morgan fingerprint density at radius 2 is 1.81 bits per heavy atom. The molecule has 3 N–H and O–H groups in total. The van der Waals surface area contributed by atoms with Gasteiger partial charge in [0.15, 0.2) is 0 Å². The zero-order valence-electron chi connectivity index (χ0n) is 12.0. The SMILES string of the molecule is Nc1ccc([N+](=O)[O-])cc1C(=O)NC1CCCCCCC1. The first-order valence-corrected chi connectivity index (χ1v) is 7.42. The zero-order chi connectivity index (χ0) is 15.2. The molecule has 0 heterocycles. The summed E-state index contributed by atoms with van der Waals surface area (Å²) in [6.07, 6.45) is 7.79. The van der Waals surface area contributed by atoms with E-state index in [0.717, 1.165) is 25.7 Å². The summed E-state index contributed by atoms with van der Waals surface area (Å²) in [6.45, 7) is 0. The fraction of sp³-hybridized carbons (Fsp3) is 0.533. The Balaban J connectivity index is 2.08. The number of hydrogen-bond acceptors (Lipinski definition) is 4. The second kappa shape index (κ2) is 7.06. The monoisotopic (exact) mass is 291 g/mol. The van der Waals surface area contributed by atoms with Crippen LogP contribution < -0.4 is 11.1 Å². The van der Waals surface area contributed by atoms with Crippen molar-refractivity contribution in [3.63, 3.8) is 0 Å². The quantitative estimate of drug-likeness (QED) is 0.508. The molecule has 6 nitrogen and oxygen atoms in total. The smallest absolute Gasteiger partial charge is 0.270 e. The average molecular weight is 291 g/mol. The summed E-state index contributed by atoms with van der Waals surface area (Å²) in [5, 5.41) is 13.8. The van der Waals surface area contributed by atoms with Crippen molar-refractivity contribution in [3.05, 3.63) is 33.9 Å². The molecule has 114 valence electrons. The van der Waals surface area contributed by atoms with E-state index in [1.165, 1.54) is 37.5 Å². The summed E-state index contributed by atoms with van der Waals surface area (Å²) in [5.41, 5.74) is 6.10. The second-order valence-electron chi connectivity index (χ2n) is 5.54. The highest BCUT2D eigenvalue weighted by Gasteiger charge is 2.19. The molecule has 1 amide bonds. The van der Waals surface area contributed by atoms with Gasteiger partial charge in [0, 0.05) is 23.9 Å². The topological polar surface area (TPSA) is 98.3 Å². The third kappa shape index (κ3) is 4.18. The maximum atomic E-state index is 12.3. The number of nitrogens with zero attached hydrogens (tertiary/aromatic N) is 1. The van der Waals surface area contributed by atoms with Gasteiger partial charge in [-0.05, 0) is 18.9 Å². The minimum absolute atomic E-state index is 0.119. The molecule has 0 aromatic heterocycles. The van der Waals surface area contributed by atoms with Crippen LogP contribution in [-0.4, -0.2) is 16.9 Å². The van der Waals surface area contributed by atoms with Gasteiger partial charge < -0.3 is 11.1 Å². The third-order valence-corrected chi connectivity index (χ3v) is 3.93. The number of anilines is 1. The van der Waals surface area contributed by atoms with Crippen LogP contribution in [0.3, 0.4) is 0 Å². The number of non-ortho nitro benzene ring substituents is 1. The number of nitrogens with one attached hydrogen (secondary N) is 1. The van der Waals surface area contributed by atoms with Crippen molar-refractivity contribution in [2.75, 3.05) is 5.73 Å². The van der Waals surface area contributed by atoms with Crippen LogP contribution in [0.2, 0.25) is 0 Å². The normalized spacial score (nSPS) is 16.8. The molecule has 1 aliphatic rings. The third-order valence-electron chi connectivity index (χ3n) is 3.93. The van der Waals surface area contributed by atoms with Crippen LogP contribution >= 0.6 is 0 Å². The molecule has 1 fully saturated rings. The van der Waals surface area contributed by atoms with Crippen molar-refractivity contribution in [2.24, 2.45) is 0 Å². The van der Waals surface area contributed by atoms with Crippen LogP contribution in [-0.2, 0) is 0 Å². The maximum absolute atomic E-state index is 12.3. The number of carbonyl (C=O) groups is 1. The molecule has 6 heteroatoms. The molecule has 0 unspecified atom stereocenters. The fourth-order valence-electron chi connectivity index (χ4n) is 2.72. The Kier molecular flexibility index (Phi) is 5.14. The summed E-state index contributed by atoms with van der Waals surface area (Å²) in [5.74, 6) is -0.318. The largest absolute Gasteiger partial charge is 0.398 e. The van der Waals surface area contributed by atoms with Crippen molar-refractivity contribution in [1.82, 2.24) is 5.32 Å². The molecule has 1 aromatic carbocycles. The van der Waals surface area contributed by atoms with Crippen molar-refractivity contribution in [3.8, 4) is 0 Å². The fourth-order valence-corrected chi connectivity index (χ4v) is 2.72. The summed E-state index contributed by atoms with van der Waals surface area (Å²) >= 11 is 0. The standard InChI is InChI=1S/C15H21N3O3/c16-14-9-8-12(18(20)21)10-13(14)15(19)17-11-6-4-2-1-3-5-7-11/h8-11H,1-7,16H2,(H,17,19). The molecule has 0 bridgehead atoms. The van der Waals surface area contributed by atoms with Crippen LogP contribution in [0.4, 0.5) is 11.4 Å². The molecule has 2 rings (SSSR count). The number of nitrogens with two attached hydrogens (primary N) is 1. The van der Waals surface area contributed by atoms with Crippen molar-refractivity contribution in [2.45, 2.75) is 51.0 Å². The highest BCUT2D eigenvalue weighted by Crippen LogP contribution is 2.21. The number of nitro benzene ring substituents is 1. The molecule has 0 atom stereocenters. The van der Waals surface area contributed by atoms with Gasteiger partial charge in [-0.2, -0.15) is 0 Å². The van der Waals surface area contributed by atoms with Gasteiger partial charge in [0.25, 0.3) is 11.6 Å². The van der Waals surface area contributed by atoms with Crippen molar-refractivity contribution < 1.29 is 9.72 Å². The van der Waals surface area contributed by atoms with E-state index < -0.39 is 4.92 Å². The second-order valence-corrected chi connectivity index (χ2v) is 5.54. The van der Waals surface area contributed by atoms with Crippen LogP contribution in [0.15, 0.2) is 18.2 Å². The molecular weight excluding hydrogens is 270 g/mol. The number of hydrogen-bond donors (Lipinski definition) is 2. The van der Waals surface area contributed by atoms with E-state index in [9.17, 15) is 14.9 Å². The van der Waals surface area contributed by atoms with Crippen LogP contribution in [0.25, 0.3) is 0 Å². The van der Waals surface area contributed by atoms with Gasteiger partial charge in [-0.1, -0.05) is 32.1 Å². The Labute approximate surface area is 123 Å². The predicted molar refractivity (Wildman–Crippen MR) is 81.1 cm³/mol. The van der Waals surface area contributed by atoms with E-state index >= 15 is 0 Å². The van der Waals surface area contributed by atoms with Crippen LogP contribution in [0.1, 0.15) is 55.3 Å². The molecule has 0 spiro atoms. The Morgan fingerprint density at radius 1 is 1.19 bits per heavy atom. The van der Waals surface area contributed by atoms with E-state index in [0.29, 0.717) is 0 Å². The van der Waals surface area contributed by atoms with E-state index in [1.807, 2.05) is 0 Å². The predicted octanol–water partition coefficient (Wildman–Crippen LogP) is 3.02. The lowest BCUT2D eigenvalue weighted by molar-refractivity contribution is -0.384. The molecule has 0 saturated heterocycles. The Morgan fingerprint density at radius 3 is 2.43 bits per heavy atom. The number of benzene rings is 1. The molecular formula is C15H21N3O3. The Bertz CT molecular complexity index is 523. The van der Waals surface area contributed by atoms with E-state index in [1.54, 1.807) is 0 Å². The van der Waals surface area contributed by atoms with Gasteiger partial charge in [0.1, 0.15) is 0 Å². The molecule has 1 aliphatic carbocycles. The first kappa shape index (κ1) is 15.3. The summed E-state index contributed by atoms with van der Waals surface area (Å²) in [7, 11) is 0. The van der Waals surface area contributed by atoms with E-state index in [4.69, 9.17) is 5.73 Å². The lowest BCUT2D eigenvalue weighted by atomic mass is 9.96. The first-order chi connectivity index (χ1) is 10.1. The lowest BCUT2D eigenvalue weighted by Crippen LogP contribution is -2.35. The van der Waals surface area contributed by atoms with E-state index in [2.05, 4.69) is 5.32 Å². The number of nitro groups is 1. The maximum Gasteiger partial charge on any atom is 0.270 e. The highest BCUT2D eigenvalue weighted by atomic mass is 16.6. The summed E-state index contributed by atoms with van der Waals surface area (Å²) in [4.78, 5) is 22.6. The van der Waals surface area contributed by atoms with E-state index in [-0.39, 0.29) is 28.9 Å². The molecule has 1 saturated carbocycles. The summed E-state index contributed by atoms with van der Waals surface area (Å²) in [6, 6.07) is 4.09. The van der Waals surface area contributed by atoms with Gasteiger partial charge in [-0.15, -0.1) is 0 Å². The molecule has 21 heavy (non-hydrogen) atoms. The van der Waals surface area contributed by atoms with Gasteiger partial charge in [0.2, 0.25) is 0 Å². The number of carbonyl (C=O) groups excluding carboxylic acids is 1. The van der Waals surface area contributed by atoms with Crippen LogP contribution in [0.5, 0.6) is 0 Å². The number of rotatable bonds is 3. The number of nitrogen functional groups attached to an aromatic ring is 1. The highest BCUT2D eigenvalue weighted by molar-refractivity contribution is 5.99. The average Bonchev–Trinajstić information content (AvgIpc) is 2.41. The minimum Gasteiger partial charge on any atom is -0.398 e. The van der Waals surface area contributed by atoms with Gasteiger partial charge >= 0.3 is 0 Å². The van der Waals surface area contributed by atoms with Crippen molar-refractivity contribution in [1.29, 1.82) is 0 Å². The zero-order valence-corrected chi connectivity index (χ0v) is 12.0.